The van der Waals surface area contributed by atoms with Gasteiger partial charge in [0.05, 0.1) is 17.6 Å². The van der Waals surface area contributed by atoms with Gasteiger partial charge in [0, 0.05) is 6.42 Å². The third-order valence-corrected chi connectivity index (χ3v) is 4.25. The second-order valence-corrected chi connectivity index (χ2v) is 6.31. The molecule has 2 N–H and O–H groups in total. The zero-order chi connectivity index (χ0) is 15.3. The number of nitrogens with two attached hydrogens (primary N) is 1. The molecule has 20 heavy (non-hydrogen) atoms. The Hall–Kier alpha value is -1.58. The van der Waals surface area contributed by atoms with E-state index in [4.69, 9.17) is 15.1 Å². The molecule has 0 aliphatic rings. The Labute approximate surface area is 120 Å². The standard InChI is InChI=1S/C14H20N2O3S/c1-10-9-13(20(16,17)18)11(2)12(3)14(10)19-8-6-4-5-7-15/h9H,4-6,8H2,1-3H3,(H2,16,17,18). The molecule has 6 heteroatoms. The van der Waals surface area contributed by atoms with Gasteiger partial charge in [-0.3, -0.25) is 0 Å². The molecule has 0 radical (unpaired) electrons. The summed E-state index contributed by atoms with van der Waals surface area (Å²) in [6.07, 6.45) is 2.11. The van der Waals surface area contributed by atoms with Gasteiger partial charge in [0.25, 0.3) is 0 Å². The lowest BCUT2D eigenvalue weighted by Gasteiger charge is -2.16. The first-order valence-electron chi connectivity index (χ1n) is 6.42. The zero-order valence-corrected chi connectivity index (χ0v) is 12.9. The molecule has 1 aromatic rings. The third kappa shape index (κ3) is 3.95. The Kier molecular flexibility index (Phi) is 5.54. The number of ether oxygens (including phenoxy) is 1. The number of sulfonamides is 1. The van der Waals surface area contributed by atoms with Crippen LogP contribution in [-0.2, 0) is 10.0 Å². The van der Waals surface area contributed by atoms with Crippen LogP contribution in [-0.4, -0.2) is 15.0 Å². The van der Waals surface area contributed by atoms with Crippen LogP contribution in [0.4, 0.5) is 0 Å². The van der Waals surface area contributed by atoms with E-state index >= 15 is 0 Å². The molecule has 0 spiro atoms. The highest BCUT2D eigenvalue weighted by atomic mass is 32.2. The molecular weight excluding hydrogens is 276 g/mol. The highest BCUT2D eigenvalue weighted by Gasteiger charge is 2.18. The van der Waals surface area contributed by atoms with Gasteiger partial charge in [-0.05, 0) is 56.4 Å². The predicted molar refractivity (Wildman–Crippen MR) is 77.0 cm³/mol. The van der Waals surface area contributed by atoms with Crippen LogP contribution in [0.2, 0.25) is 0 Å². The van der Waals surface area contributed by atoms with Gasteiger partial charge in [-0.2, -0.15) is 5.26 Å². The lowest BCUT2D eigenvalue weighted by atomic mass is 10.1. The van der Waals surface area contributed by atoms with Gasteiger partial charge in [-0.15, -0.1) is 0 Å². The second kappa shape index (κ2) is 6.73. The summed E-state index contributed by atoms with van der Waals surface area (Å²) in [5, 5.41) is 13.7. The van der Waals surface area contributed by atoms with E-state index in [0.29, 0.717) is 24.3 Å². The van der Waals surface area contributed by atoms with Gasteiger partial charge in [-0.25, -0.2) is 13.6 Å². The maximum absolute atomic E-state index is 11.5. The zero-order valence-electron chi connectivity index (χ0n) is 12.1. The molecule has 5 nitrogen and oxygen atoms in total. The monoisotopic (exact) mass is 296 g/mol. The van der Waals surface area contributed by atoms with Crippen molar-refractivity contribution in [3.63, 3.8) is 0 Å². The SMILES string of the molecule is Cc1cc(S(N)(=O)=O)c(C)c(C)c1OCCCCC#N. The van der Waals surface area contributed by atoms with Crippen molar-refractivity contribution in [2.75, 3.05) is 6.61 Å². The molecule has 1 rings (SSSR count). The Morgan fingerprint density at radius 2 is 1.90 bits per heavy atom. The smallest absolute Gasteiger partial charge is 0.238 e. The number of unbranched alkanes of at least 4 members (excludes halogenated alkanes) is 2. The molecule has 0 saturated carbocycles. The van der Waals surface area contributed by atoms with Gasteiger partial charge in [0.2, 0.25) is 10.0 Å². The molecule has 1 aromatic carbocycles. The maximum atomic E-state index is 11.5. The number of benzene rings is 1. The van der Waals surface area contributed by atoms with Crippen molar-refractivity contribution < 1.29 is 13.2 Å². The van der Waals surface area contributed by atoms with Crippen molar-refractivity contribution in [2.45, 2.75) is 44.9 Å². The summed E-state index contributed by atoms with van der Waals surface area (Å²) >= 11 is 0. The maximum Gasteiger partial charge on any atom is 0.238 e. The fourth-order valence-electron chi connectivity index (χ4n) is 2.02. The molecule has 0 heterocycles. The van der Waals surface area contributed by atoms with Gasteiger partial charge >= 0.3 is 0 Å². The van der Waals surface area contributed by atoms with Crippen LogP contribution >= 0.6 is 0 Å². The number of hydrogen-bond donors (Lipinski definition) is 1. The van der Waals surface area contributed by atoms with Crippen molar-refractivity contribution >= 4 is 10.0 Å². The fraction of sp³-hybridized carbons (Fsp3) is 0.500. The molecule has 0 bridgehead atoms. The number of hydrogen-bond acceptors (Lipinski definition) is 4. The molecule has 110 valence electrons. The fourth-order valence-corrected chi connectivity index (χ4v) is 2.94. The first kappa shape index (κ1) is 16.5. The average Bonchev–Trinajstić information content (AvgIpc) is 2.35. The molecule has 0 aromatic heterocycles. The number of aryl methyl sites for hydroxylation is 1. The van der Waals surface area contributed by atoms with Gasteiger partial charge in [0.15, 0.2) is 0 Å². The van der Waals surface area contributed by atoms with Gasteiger partial charge in [-0.1, -0.05) is 0 Å². The van der Waals surface area contributed by atoms with Crippen LogP contribution in [0.25, 0.3) is 0 Å². The number of nitrogens with zero attached hydrogens (tertiary/aromatic N) is 1. The van der Waals surface area contributed by atoms with Crippen molar-refractivity contribution in [2.24, 2.45) is 5.14 Å². The van der Waals surface area contributed by atoms with Crippen molar-refractivity contribution in [3.8, 4) is 11.8 Å². The first-order valence-corrected chi connectivity index (χ1v) is 7.97. The van der Waals surface area contributed by atoms with Crippen LogP contribution in [0, 0.1) is 32.1 Å². The Morgan fingerprint density at radius 3 is 2.45 bits per heavy atom. The lowest BCUT2D eigenvalue weighted by Crippen LogP contribution is -2.15. The van der Waals surface area contributed by atoms with E-state index in [9.17, 15) is 8.42 Å². The minimum Gasteiger partial charge on any atom is -0.493 e. The Balaban J connectivity index is 2.95. The van der Waals surface area contributed by atoms with Crippen LogP contribution < -0.4 is 9.88 Å². The highest BCUT2D eigenvalue weighted by Crippen LogP contribution is 2.30. The number of rotatable bonds is 6. The third-order valence-electron chi connectivity index (χ3n) is 3.21. The van der Waals surface area contributed by atoms with E-state index in [1.807, 2.05) is 6.92 Å². The number of primary sulfonamides is 1. The van der Waals surface area contributed by atoms with E-state index in [1.165, 1.54) is 0 Å². The van der Waals surface area contributed by atoms with Crippen molar-refractivity contribution in [1.82, 2.24) is 0 Å². The number of nitriles is 1. The molecule has 0 amide bonds. The summed E-state index contributed by atoms with van der Waals surface area (Å²) in [7, 11) is -3.72. The molecular formula is C14H20N2O3S. The largest absolute Gasteiger partial charge is 0.493 e. The molecule has 0 fully saturated rings. The van der Waals surface area contributed by atoms with Crippen LogP contribution in [0.1, 0.15) is 36.0 Å². The first-order chi connectivity index (χ1) is 9.29. The second-order valence-electron chi connectivity index (χ2n) is 4.78. The molecule has 0 saturated heterocycles. The van der Waals surface area contributed by atoms with E-state index in [-0.39, 0.29) is 4.90 Å². The Bertz CT molecular complexity index is 631. The Morgan fingerprint density at radius 1 is 1.25 bits per heavy atom. The summed E-state index contributed by atoms with van der Waals surface area (Å²) in [6, 6.07) is 3.63. The minimum absolute atomic E-state index is 0.143. The van der Waals surface area contributed by atoms with Gasteiger partial charge in [0.1, 0.15) is 5.75 Å². The summed E-state index contributed by atoms with van der Waals surface area (Å²) in [5.74, 6) is 0.701. The van der Waals surface area contributed by atoms with Crippen LogP contribution in [0.15, 0.2) is 11.0 Å². The van der Waals surface area contributed by atoms with Crippen molar-refractivity contribution in [3.05, 3.63) is 22.8 Å². The van der Waals surface area contributed by atoms with Crippen molar-refractivity contribution in [1.29, 1.82) is 5.26 Å². The van der Waals surface area contributed by atoms with Gasteiger partial charge < -0.3 is 4.74 Å². The van der Waals surface area contributed by atoms with E-state index < -0.39 is 10.0 Å². The summed E-state index contributed by atoms with van der Waals surface area (Å²) in [6.45, 7) is 5.85. The summed E-state index contributed by atoms with van der Waals surface area (Å²) in [4.78, 5) is 0.143. The average molecular weight is 296 g/mol. The summed E-state index contributed by atoms with van der Waals surface area (Å²) < 4.78 is 28.7. The van der Waals surface area contributed by atoms with E-state index in [2.05, 4.69) is 6.07 Å². The highest BCUT2D eigenvalue weighted by molar-refractivity contribution is 7.89. The molecule has 0 atom stereocenters. The van der Waals surface area contributed by atoms with E-state index in [1.54, 1.807) is 19.9 Å². The molecule has 0 aliphatic carbocycles. The molecule has 0 unspecified atom stereocenters. The quantitative estimate of drug-likeness (QED) is 0.815. The van der Waals surface area contributed by atoms with Crippen LogP contribution in [0.5, 0.6) is 5.75 Å². The normalized spacial score (nSPS) is 11.2. The predicted octanol–water partition coefficient (Wildman–Crippen LogP) is 2.33. The van der Waals surface area contributed by atoms with Crippen LogP contribution in [0.3, 0.4) is 0 Å². The topological polar surface area (TPSA) is 93.2 Å². The summed E-state index contributed by atoms with van der Waals surface area (Å²) in [5.41, 5.74) is 2.15. The molecule has 0 aliphatic heterocycles. The lowest BCUT2D eigenvalue weighted by molar-refractivity contribution is 0.303. The van der Waals surface area contributed by atoms with E-state index in [0.717, 1.165) is 24.0 Å². The minimum atomic E-state index is -3.72.